The van der Waals surface area contributed by atoms with E-state index >= 15 is 0 Å². The van der Waals surface area contributed by atoms with Crippen LogP contribution in [-0.2, 0) is 6.54 Å². The Hall–Kier alpha value is -1.25. The van der Waals surface area contributed by atoms with Crippen molar-refractivity contribution in [1.82, 2.24) is 4.57 Å². The van der Waals surface area contributed by atoms with E-state index < -0.39 is 5.97 Å². The van der Waals surface area contributed by atoms with Gasteiger partial charge in [-0.1, -0.05) is 27.7 Å². The second kappa shape index (κ2) is 4.55. The Morgan fingerprint density at radius 1 is 1.41 bits per heavy atom. The van der Waals surface area contributed by atoms with E-state index in [0.717, 1.165) is 17.9 Å². The molecule has 1 aromatic heterocycles. The van der Waals surface area contributed by atoms with Gasteiger partial charge in [-0.15, -0.1) is 0 Å². The Bertz CT molecular complexity index is 424. The fourth-order valence-corrected chi connectivity index (χ4v) is 1.85. The Morgan fingerprint density at radius 3 is 2.29 bits per heavy atom. The largest absolute Gasteiger partial charge is 0.478 e. The van der Waals surface area contributed by atoms with E-state index in [1.807, 2.05) is 13.8 Å². The van der Waals surface area contributed by atoms with Crippen LogP contribution < -0.4 is 0 Å². The summed E-state index contributed by atoms with van der Waals surface area (Å²) in [6.07, 6.45) is 0. The molecule has 0 bridgehead atoms. The van der Waals surface area contributed by atoms with Gasteiger partial charge in [0.1, 0.15) is 0 Å². The minimum atomic E-state index is -0.840. The van der Waals surface area contributed by atoms with E-state index in [1.165, 1.54) is 0 Å². The molecule has 0 aromatic carbocycles. The van der Waals surface area contributed by atoms with Crippen LogP contribution in [0.4, 0.5) is 0 Å². The summed E-state index contributed by atoms with van der Waals surface area (Å²) < 4.78 is 2.11. The quantitative estimate of drug-likeness (QED) is 0.874. The van der Waals surface area contributed by atoms with Crippen LogP contribution in [-0.4, -0.2) is 15.6 Å². The second-order valence-electron chi connectivity index (χ2n) is 5.97. The SMILES string of the molecule is Cc1cc(C(=O)O)c(C)n1CC(C)C(C)(C)C. The summed E-state index contributed by atoms with van der Waals surface area (Å²) in [5, 5.41) is 9.08. The molecule has 1 N–H and O–H groups in total. The fraction of sp³-hybridized carbons (Fsp3) is 0.643. The summed E-state index contributed by atoms with van der Waals surface area (Å²) in [6.45, 7) is 13.6. The number of nitrogens with zero attached hydrogens (tertiary/aromatic N) is 1. The van der Waals surface area contributed by atoms with Gasteiger partial charge in [0, 0.05) is 17.9 Å². The molecule has 0 saturated heterocycles. The van der Waals surface area contributed by atoms with E-state index in [2.05, 4.69) is 32.3 Å². The number of carboxylic acid groups (broad SMARTS) is 1. The summed E-state index contributed by atoms with van der Waals surface area (Å²) in [5.41, 5.74) is 2.53. The zero-order chi connectivity index (χ0) is 13.4. The fourth-order valence-electron chi connectivity index (χ4n) is 1.85. The molecule has 3 nitrogen and oxygen atoms in total. The third-order valence-corrected chi connectivity index (χ3v) is 3.74. The first-order valence-electron chi connectivity index (χ1n) is 6.04. The molecule has 0 aliphatic carbocycles. The number of aryl methyl sites for hydroxylation is 1. The van der Waals surface area contributed by atoms with Crippen LogP contribution in [0.25, 0.3) is 0 Å². The zero-order valence-corrected chi connectivity index (χ0v) is 11.7. The predicted octanol–water partition coefficient (Wildman–Crippen LogP) is 3.49. The number of rotatable bonds is 3. The van der Waals surface area contributed by atoms with Gasteiger partial charge in [0.05, 0.1) is 5.56 Å². The van der Waals surface area contributed by atoms with Crippen molar-refractivity contribution in [1.29, 1.82) is 0 Å². The summed E-state index contributed by atoms with van der Waals surface area (Å²) in [5.74, 6) is -0.346. The Balaban J connectivity index is 3.04. The lowest BCUT2D eigenvalue weighted by molar-refractivity contribution is 0.0696. The monoisotopic (exact) mass is 237 g/mol. The van der Waals surface area contributed by atoms with Gasteiger partial charge in [-0.05, 0) is 31.2 Å². The number of aromatic carboxylic acids is 1. The Morgan fingerprint density at radius 2 is 1.94 bits per heavy atom. The molecule has 0 fully saturated rings. The lowest BCUT2D eigenvalue weighted by atomic mass is 9.82. The molecule has 0 amide bonds. The molecule has 0 spiro atoms. The highest BCUT2D eigenvalue weighted by atomic mass is 16.4. The Labute approximate surface area is 103 Å². The van der Waals surface area contributed by atoms with Crippen molar-refractivity contribution in [3.05, 3.63) is 23.0 Å². The molecule has 0 aliphatic heterocycles. The molecular weight excluding hydrogens is 214 g/mol. The van der Waals surface area contributed by atoms with Crippen molar-refractivity contribution in [3.8, 4) is 0 Å². The lowest BCUT2D eigenvalue weighted by Gasteiger charge is -2.28. The van der Waals surface area contributed by atoms with Gasteiger partial charge in [0.2, 0.25) is 0 Å². The molecule has 1 rings (SSSR count). The normalized spacial score (nSPS) is 13.8. The maximum absolute atomic E-state index is 11.1. The number of carbonyl (C=O) groups is 1. The Kier molecular flexibility index (Phi) is 3.70. The molecule has 1 heterocycles. The smallest absolute Gasteiger partial charge is 0.337 e. The highest BCUT2D eigenvalue weighted by Crippen LogP contribution is 2.28. The first-order chi connectivity index (χ1) is 7.64. The molecule has 96 valence electrons. The highest BCUT2D eigenvalue weighted by Gasteiger charge is 2.23. The van der Waals surface area contributed by atoms with Gasteiger partial charge in [-0.3, -0.25) is 0 Å². The minimum absolute atomic E-state index is 0.229. The van der Waals surface area contributed by atoms with Crippen LogP contribution in [0.5, 0.6) is 0 Å². The number of hydrogen-bond donors (Lipinski definition) is 1. The van der Waals surface area contributed by atoms with Crippen molar-refractivity contribution >= 4 is 5.97 Å². The number of hydrogen-bond acceptors (Lipinski definition) is 1. The first kappa shape index (κ1) is 13.8. The predicted molar refractivity (Wildman–Crippen MR) is 69.5 cm³/mol. The minimum Gasteiger partial charge on any atom is -0.478 e. The van der Waals surface area contributed by atoms with E-state index in [0.29, 0.717) is 11.5 Å². The summed E-state index contributed by atoms with van der Waals surface area (Å²) in [6, 6.07) is 1.76. The number of aromatic nitrogens is 1. The molecule has 17 heavy (non-hydrogen) atoms. The third-order valence-electron chi connectivity index (χ3n) is 3.74. The highest BCUT2D eigenvalue weighted by molar-refractivity contribution is 5.89. The van der Waals surface area contributed by atoms with Crippen LogP contribution in [0.1, 0.15) is 49.4 Å². The molecule has 0 radical (unpaired) electrons. The number of carboxylic acids is 1. The summed E-state index contributed by atoms with van der Waals surface area (Å²) in [4.78, 5) is 11.1. The standard InChI is InChI=1S/C14H23NO2/c1-9(14(4,5)6)8-15-10(2)7-12(11(15)3)13(16)17/h7,9H,8H2,1-6H3,(H,16,17). The van der Waals surface area contributed by atoms with Gasteiger partial charge in [0.15, 0.2) is 0 Å². The topological polar surface area (TPSA) is 42.2 Å². The molecule has 1 aromatic rings. The lowest BCUT2D eigenvalue weighted by Crippen LogP contribution is -2.23. The van der Waals surface area contributed by atoms with Gasteiger partial charge in [0.25, 0.3) is 0 Å². The van der Waals surface area contributed by atoms with Crippen molar-refractivity contribution in [2.45, 2.75) is 48.1 Å². The molecule has 3 heteroatoms. The van der Waals surface area contributed by atoms with Crippen LogP contribution in [0.3, 0.4) is 0 Å². The van der Waals surface area contributed by atoms with Crippen molar-refractivity contribution < 1.29 is 9.90 Å². The van der Waals surface area contributed by atoms with Crippen LogP contribution in [0, 0.1) is 25.2 Å². The van der Waals surface area contributed by atoms with Crippen LogP contribution in [0.2, 0.25) is 0 Å². The second-order valence-corrected chi connectivity index (χ2v) is 5.97. The van der Waals surface area contributed by atoms with Crippen LogP contribution in [0.15, 0.2) is 6.07 Å². The molecule has 0 saturated carbocycles. The third kappa shape index (κ3) is 2.90. The van der Waals surface area contributed by atoms with Gasteiger partial charge >= 0.3 is 5.97 Å². The van der Waals surface area contributed by atoms with Gasteiger partial charge in [-0.2, -0.15) is 0 Å². The maximum Gasteiger partial charge on any atom is 0.337 e. The maximum atomic E-state index is 11.1. The van der Waals surface area contributed by atoms with E-state index in [-0.39, 0.29) is 5.41 Å². The zero-order valence-electron chi connectivity index (χ0n) is 11.7. The molecule has 1 unspecified atom stereocenters. The van der Waals surface area contributed by atoms with Crippen LogP contribution >= 0.6 is 0 Å². The van der Waals surface area contributed by atoms with Gasteiger partial charge in [-0.25, -0.2) is 4.79 Å². The average molecular weight is 237 g/mol. The van der Waals surface area contributed by atoms with Crippen molar-refractivity contribution in [2.24, 2.45) is 11.3 Å². The first-order valence-corrected chi connectivity index (χ1v) is 6.04. The van der Waals surface area contributed by atoms with E-state index in [1.54, 1.807) is 6.07 Å². The summed E-state index contributed by atoms with van der Waals surface area (Å²) >= 11 is 0. The molecule has 0 aliphatic rings. The average Bonchev–Trinajstić information content (AvgIpc) is 2.44. The molecule has 1 atom stereocenters. The van der Waals surface area contributed by atoms with Crippen molar-refractivity contribution in [2.75, 3.05) is 0 Å². The van der Waals surface area contributed by atoms with E-state index in [9.17, 15) is 4.79 Å². The summed E-state index contributed by atoms with van der Waals surface area (Å²) in [7, 11) is 0. The van der Waals surface area contributed by atoms with Crippen molar-refractivity contribution in [3.63, 3.8) is 0 Å². The molecular formula is C14H23NO2. The van der Waals surface area contributed by atoms with Gasteiger partial charge < -0.3 is 9.67 Å². The van der Waals surface area contributed by atoms with E-state index in [4.69, 9.17) is 5.11 Å².